The zero-order valence-corrected chi connectivity index (χ0v) is 14.3. The van der Waals surface area contributed by atoms with E-state index in [1.54, 1.807) is 0 Å². The van der Waals surface area contributed by atoms with Crippen molar-refractivity contribution in [1.29, 1.82) is 0 Å². The Balaban J connectivity index is 2.07. The van der Waals surface area contributed by atoms with Crippen LogP contribution in [0.1, 0.15) is 22.2 Å². The molecule has 0 aliphatic rings. The van der Waals surface area contributed by atoms with Crippen molar-refractivity contribution in [2.24, 2.45) is 12.0 Å². The van der Waals surface area contributed by atoms with E-state index in [2.05, 4.69) is 11.9 Å². The lowest BCUT2D eigenvalue weighted by molar-refractivity contribution is 0.0998. The minimum atomic E-state index is -0.368. The molecule has 3 rings (SSSR count). The highest BCUT2D eigenvalue weighted by molar-refractivity contribution is 7.09. The molecule has 24 heavy (non-hydrogen) atoms. The number of carbonyl (C=O) groups excluding carboxylic acids is 1. The highest BCUT2D eigenvalue weighted by atomic mass is 32.1. The van der Waals surface area contributed by atoms with Crippen LogP contribution in [-0.2, 0) is 13.5 Å². The zero-order valence-electron chi connectivity index (χ0n) is 13.5. The van der Waals surface area contributed by atoms with Crippen LogP contribution >= 0.6 is 11.3 Å². The molecule has 0 saturated carbocycles. The van der Waals surface area contributed by atoms with Crippen LogP contribution in [0.25, 0.3) is 11.3 Å². The van der Waals surface area contributed by atoms with E-state index < -0.39 is 0 Å². The SMILES string of the molecule is CCc1sc(=NC(=O)c2ccc(F)cc2)n(C)c1-c1ccccc1. The summed E-state index contributed by atoms with van der Waals surface area (Å²) in [5.41, 5.74) is 2.56. The predicted molar refractivity (Wildman–Crippen MR) is 94.4 cm³/mol. The summed E-state index contributed by atoms with van der Waals surface area (Å²) in [5.74, 6) is -0.734. The third-order valence-electron chi connectivity index (χ3n) is 3.76. The molecule has 0 bridgehead atoms. The second kappa shape index (κ2) is 6.93. The molecule has 3 aromatic rings. The zero-order chi connectivity index (χ0) is 17.1. The van der Waals surface area contributed by atoms with Crippen molar-refractivity contribution < 1.29 is 9.18 Å². The lowest BCUT2D eigenvalue weighted by atomic mass is 10.1. The Morgan fingerprint density at radius 3 is 2.42 bits per heavy atom. The summed E-state index contributed by atoms with van der Waals surface area (Å²) in [6.07, 6.45) is 0.864. The second-order valence-corrected chi connectivity index (χ2v) is 6.42. The van der Waals surface area contributed by atoms with Crippen molar-refractivity contribution in [1.82, 2.24) is 4.57 Å². The number of benzene rings is 2. The van der Waals surface area contributed by atoms with Gasteiger partial charge in [-0.3, -0.25) is 4.79 Å². The third kappa shape index (κ3) is 3.21. The maximum Gasteiger partial charge on any atom is 0.279 e. The van der Waals surface area contributed by atoms with Gasteiger partial charge in [-0.25, -0.2) is 4.39 Å². The molecule has 0 N–H and O–H groups in total. The largest absolute Gasteiger partial charge is 0.319 e. The molecule has 0 saturated heterocycles. The quantitative estimate of drug-likeness (QED) is 0.704. The first kappa shape index (κ1) is 16.3. The molecule has 0 atom stereocenters. The number of amides is 1. The molecule has 1 amide bonds. The molecule has 0 radical (unpaired) electrons. The van der Waals surface area contributed by atoms with Crippen molar-refractivity contribution in [3.05, 3.63) is 75.7 Å². The van der Waals surface area contributed by atoms with Gasteiger partial charge in [-0.2, -0.15) is 4.99 Å². The Labute approximate surface area is 143 Å². The van der Waals surface area contributed by atoms with Gasteiger partial charge in [0.2, 0.25) is 0 Å². The molecule has 0 aliphatic carbocycles. The molecule has 5 heteroatoms. The number of rotatable bonds is 3. The second-order valence-electron chi connectivity index (χ2n) is 5.36. The van der Waals surface area contributed by atoms with E-state index in [9.17, 15) is 9.18 Å². The first-order valence-electron chi connectivity index (χ1n) is 7.69. The number of hydrogen-bond acceptors (Lipinski definition) is 2. The highest BCUT2D eigenvalue weighted by Gasteiger charge is 2.13. The summed E-state index contributed by atoms with van der Waals surface area (Å²) in [6, 6.07) is 15.5. The Bertz CT molecular complexity index is 924. The average molecular weight is 340 g/mol. The minimum absolute atomic E-state index is 0.367. The van der Waals surface area contributed by atoms with E-state index in [1.165, 1.54) is 40.5 Å². The molecule has 0 aliphatic heterocycles. The van der Waals surface area contributed by atoms with Crippen molar-refractivity contribution in [2.45, 2.75) is 13.3 Å². The Hall–Kier alpha value is -2.53. The van der Waals surface area contributed by atoms with Crippen LogP contribution in [0.5, 0.6) is 0 Å². The van der Waals surface area contributed by atoms with Crippen molar-refractivity contribution in [3.8, 4) is 11.3 Å². The third-order valence-corrected chi connectivity index (χ3v) is 5.03. The number of thiazole rings is 1. The smallest absolute Gasteiger partial charge is 0.279 e. The van der Waals surface area contributed by atoms with Crippen molar-refractivity contribution in [2.75, 3.05) is 0 Å². The molecule has 0 fully saturated rings. The van der Waals surface area contributed by atoms with Gasteiger partial charge in [0.15, 0.2) is 4.80 Å². The number of nitrogens with zero attached hydrogens (tertiary/aromatic N) is 2. The van der Waals surface area contributed by atoms with Gasteiger partial charge >= 0.3 is 0 Å². The number of halogens is 1. The molecule has 2 aromatic carbocycles. The van der Waals surface area contributed by atoms with Gasteiger partial charge in [-0.15, -0.1) is 11.3 Å². The summed E-state index contributed by atoms with van der Waals surface area (Å²) in [5, 5.41) is 0. The topological polar surface area (TPSA) is 34.4 Å². The van der Waals surface area contributed by atoms with Gasteiger partial charge in [0.1, 0.15) is 5.82 Å². The maximum atomic E-state index is 13.0. The summed E-state index contributed by atoms with van der Waals surface area (Å²) < 4.78 is 14.9. The van der Waals surface area contributed by atoms with Crippen LogP contribution in [0.2, 0.25) is 0 Å². The van der Waals surface area contributed by atoms with E-state index in [1.807, 2.05) is 41.9 Å². The fourth-order valence-electron chi connectivity index (χ4n) is 2.54. The van der Waals surface area contributed by atoms with Gasteiger partial charge in [0.05, 0.1) is 5.69 Å². The van der Waals surface area contributed by atoms with Gasteiger partial charge < -0.3 is 4.57 Å². The van der Waals surface area contributed by atoms with E-state index in [0.29, 0.717) is 10.4 Å². The van der Waals surface area contributed by atoms with Crippen molar-refractivity contribution in [3.63, 3.8) is 0 Å². The first-order valence-corrected chi connectivity index (χ1v) is 8.50. The summed E-state index contributed by atoms with van der Waals surface area (Å²) >= 11 is 1.51. The van der Waals surface area contributed by atoms with Crippen LogP contribution in [-0.4, -0.2) is 10.5 Å². The molecule has 1 aromatic heterocycles. The van der Waals surface area contributed by atoms with Crippen LogP contribution < -0.4 is 4.80 Å². The monoisotopic (exact) mass is 340 g/mol. The van der Waals surface area contributed by atoms with Gasteiger partial charge in [-0.05, 0) is 36.2 Å². The first-order chi connectivity index (χ1) is 11.6. The number of aromatic nitrogens is 1. The van der Waals surface area contributed by atoms with Gasteiger partial charge in [0.25, 0.3) is 5.91 Å². The summed E-state index contributed by atoms with van der Waals surface area (Å²) in [4.78, 5) is 18.4. The lowest BCUT2D eigenvalue weighted by Crippen LogP contribution is -2.14. The van der Waals surface area contributed by atoms with E-state index in [0.717, 1.165) is 17.7 Å². The Morgan fingerprint density at radius 2 is 1.79 bits per heavy atom. The maximum absolute atomic E-state index is 13.0. The van der Waals surface area contributed by atoms with E-state index >= 15 is 0 Å². The van der Waals surface area contributed by atoms with E-state index in [4.69, 9.17) is 0 Å². The lowest BCUT2D eigenvalue weighted by Gasteiger charge is -2.05. The number of aryl methyl sites for hydroxylation is 1. The summed E-state index contributed by atoms with van der Waals surface area (Å²) in [6.45, 7) is 2.09. The minimum Gasteiger partial charge on any atom is -0.319 e. The summed E-state index contributed by atoms with van der Waals surface area (Å²) in [7, 11) is 1.91. The van der Waals surface area contributed by atoms with E-state index in [-0.39, 0.29) is 11.7 Å². The molecule has 0 spiro atoms. The fourth-order valence-corrected chi connectivity index (χ4v) is 3.61. The van der Waals surface area contributed by atoms with Crippen LogP contribution in [0, 0.1) is 5.82 Å². The molecule has 3 nitrogen and oxygen atoms in total. The average Bonchev–Trinajstić information content (AvgIpc) is 2.92. The number of hydrogen-bond donors (Lipinski definition) is 0. The van der Waals surface area contributed by atoms with Crippen LogP contribution in [0.4, 0.5) is 4.39 Å². The molecule has 122 valence electrons. The normalized spacial score (nSPS) is 11.7. The fraction of sp³-hybridized carbons (Fsp3) is 0.158. The molecular weight excluding hydrogens is 323 g/mol. The van der Waals surface area contributed by atoms with Gasteiger partial charge in [-0.1, -0.05) is 37.3 Å². The Kier molecular flexibility index (Phi) is 4.71. The Morgan fingerprint density at radius 1 is 1.12 bits per heavy atom. The predicted octanol–water partition coefficient (Wildman–Crippen LogP) is 4.20. The van der Waals surface area contributed by atoms with Crippen molar-refractivity contribution >= 4 is 17.2 Å². The molecule has 0 unspecified atom stereocenters. The standard InChI is InChI=1S/C19H17FN2OS/c1-3-16-17(13-7-5-4-6-8-13)22(2)19(24-16)21-18(23)14-9-11-15(20)12-10-14/h4-12H,3H2,1-2H3. The number of carbonyl (C=O) groups is 1. The highest BCUT2D eigenvalue weighted by Crippen LogP contribution is 2.25. The van der Waals surface area contributed by atoms with Crippen LogP contribution in [0.3, 0.4) is 0 Å². The molecule has 1 heterocycles. The molecular formula is C19H17FN2OS. The van der Waals surface area contributed by atoms with Crippen LogP contribution in [0.15, 0.2) is 59.6 Å². The van der Waals surface area contributed by atoms with Gasteiger partial charge in [0, 0.05) is 17.5 Å².